The van der Waals surface area contributed by atoms with E-state index in [9.17, 15) is 4.79 Å². The number of amides is 2. The van der Waals surface area contributed by atoms with Crippen molar-refractivity contribution in [1.82, 2.24) is 4.98 Å². The van der Waals surface area contributed by atoms with Crippen LogP contribution in [0.3, 0.4) is 0 Å². The van der Waals surface area contributed by atoms with Crippen LogP contribution in [0.1, 0.15) is 0 Å². The number of nitrogens with one attached hydrogen (secondary N) is 1. The molecule has 5 nitrogen and oxygen atoms in total. The summed E-state index contributed by atoms with van der Waals surface area (Å²) in [6, 6.07) is 1.39. The van der Waals surface area contributed by atoms with E-state index in [1.54, 1.807) is 12.4 Å². The standard InChI is InChI=1S/C8H10N4O/c9-8(13)12-4-3-11-6-1-2-10-5-7(6)12/h1-2,5,11H,3-4H2,(H2,9,13). The second-order valence-electron chi connectivity index (χ2n) is 2.81. The first kappa shape index (κ1) is 7.85. The van der Waals surface area contributed by atoms with E-state index >= 15 is 0 Å². The normalized spacial score (nSPS) is 14.6. The van der Waals surface area contributed by atoms with Crippen molar-refractivity contribution in [2.75, 3.05) is 23.3 Å². The number of carbonyl (C=O) groups is 1. The number of aromatic nitrogens is 1. The van der Waals surface area contributed by atoms with Gasteiger partial charge in [-0.25, -0.2) is 4.79 Å². The van der Waals surface area contributed by atoms with Crippen molar-refractivity contribution in [1.29, 1.82) is 0 Å². The fraction of sp³-hybridized carbons (Fsp3) is 0.250. The number of nitrogens with two attached hydrogens (primary N) is 1. The largest absolute Gasteiger partial charge is 0.381 e. The molecule has 1 aliphatic heterocycles. The van der Waals surface area contributed by atoms with E-state index in [1.807, 2.05) is 6.07 Å². The van der Waals surface area contributed by atoms with Crippen LogP contribution in [-0.2, 0) is 0 Å². The first-order valence-corrected chi connectivity index (χ1v) is 4.04. The first-order chi connectivity index (χ1) is 6.29. The maximum atomic E-state index is 11.0. The highest BCUT2D eigenvalue weighted by atomic mass is 16.2. The van der Waals surface area contributed by atoms with Crippen molar-refractivity contribution in [2.24, 2.45) is 5.73 Å². The van der Waals surface area contributed by atoms with E-state index in [-0.39, 0.29) is 0 Å². The van der Waals surface area contributed by atoms with E-state index in [0.717, 1.165) is 17.9 Å². The molecule has 2 heterocycles. The van der Waals surface area contributed by atoms with Gasteiger partial charge in [0.05, 0.1) is 17.6 Å². The maximum Gasteiger partial charge on any atom is 0.319 e. The minimum atomic E-state index is -0.434. The van der Waals surface area contributed by atoms with E-state index in [2.05, 4.69) is 10.3 Å². The molecule has 68 valence electrons. The number of urea groups is 1. The third-order valence-electron chi connectivity index (χ3n) is 2.01. The second kappa shape index (κ2) is 2.93. The third kappa shape index (κ3) is 1.28. The van der Waals surface area contributed by atoms with Crippen LogP contribution in [-0.4, -0.2) is 24.1 Å². The molecule has 13 heavy (non-hydrogen) atoms. The quantitative estimate of drug-likeness (QED) is 0.603. The molecule has 0 unspecified atom stereocenters. The van der Waals surface area contributed by atoms with Gasteiger partial charge in [-0.15, -0.1) is 0 Å². The first-order valence-electron chi connectivity index (χ1n) is 4.04. The van der Waals surface area contributed by atoms with E-state index in [0.29, 0.717) is 6.54 Å². The SMILES string of the molecule is NC(=O)N1CCNc2ccncc21. The molecular weight excluding hydrogens is 168 g/mol. The van der Waals surface area contributed by atoms with Crippen molar-refractivity contribution < 1.29 is 4.79 Å². The molecule has 3 N–H and O–H groups in total. The van der Waals surface area contributed by atoms with Crippen LogP contribution < -0.4 is 16.0 Å². The Kier molecular flexibility index (Phi) is 1.77. The monoisotopic (exact) mass is 178 g/mol. The Labute approximate surface area is 75.6 Å². The molecule has 2 amide bonds. The molecular formula is C8H10N4O. The van der Waals surface area contributed by atoms with Gasteiger partial charge in [0.2, 0.25) is 0 Å². The van der Waals surface area contributed by atoms with Gasteiger partial charge in [-0.3, -0.25) is 9.88 Å². The number of anilines is 2. The molecule has 0 saturated heterocycles. The summed E-state index contributed by atoms with van der Waals surface area (Å²) in [7, 11) is 0. The zero-order chi connectivity index (χ0) is 9.26. The average Bonchev–Trinajstić information content (AvgIpc) is 2.17. The molecule has 0 aliphatic carbocycles. The van der Waals surface area contributed by atoms with E-state index in [1.165, 1.54) is 4.90 Å². The lowest BCUT2D eigenvalue weighted by Crippen LogP contribution is -2.42. The van der Waals surface area contributed by atoms with Crippen LogP contribution in [0.4, 0.5) is 16.2 Å². The van der Waals surface area contributed by atoms with Crippen molar-refractivity contribution in [3.63, 3.8) is 0 Å². The minimum absolute atomic E-state index is 0.434. The molecule has 1 aromatic heterocycles. The number of rotatable bonds is 0. The van der Waals surface area contributed by atoms with Crippen LogP contribution in [0.25, 0.3) is 0 Å². The number of hydrogen-bond donors (Lipinski definition) is 2. The second-order valence-corrected chi connectivity index (χ2v) is 2.81. The van der Waals surface area contributed by atoms with Gasteiger partial charge in [-0.2, -0.15) is 0 Å². The van der Waals surface area contributed by atoms with Crippen molar-refractivity contribution in [3.05, 3.63) is 18.5 Å². The van der Waals surface area contributed by atoms with Gasteiger partial charge in [-0.1, -0.05) is 0 Å². The fourth-order valence-corrected chi connectivity index (χ4v) is 1.40. The van der Waals surface area contributed by atoms with Gasteiger partial charge in [-0.05, 0) is 6.07 Å². The summed E-state index contributed by atoms with van der Waals surface area (Å²) in [5, 5.41) is 3.16. The highest BCUT2D eigenvalue weighted by Crippen LogP contribution is 2.26. The fourth-order valence-electron chi connectivity index (χ4n) is 1.40. The molecule has 0 atom stereocenters. The predicted molar refractivity (Wildman–Crippen MR) is 49.7 cm³/mol. The summed E-state index contributed by atoms with van der Waals surface area (Å²) in [5.41, 5.74) is 6.87. The number of primary amides is 1. The summed E-state index contributed by atoms with van der Waals surface area (Å²) in [6.07, 6.45) is 3.31. The average molecular weight is 178 g/mol. The van der Waals surface area contributed by atoms with Crippen LogP contribution in [0.5, 0.6) is 0 Å². The van der Waals surface area contributed by atoms with Gasteiger partial charge in [0.15, 0.2) is 0 Å². The highest BCUT2D eigenvalue weighted by Gasteiger charge is 2.19. The van der Waals surface area contributed by atoms with Crippen molar-refractivity contribution >= 4 is 17.4 Å². The zero-order valence-electron chi connectivity index (χ0n) is 7.03. The molecule has 0 bridgehead atoms. The summed E-state index contributed by atoms with van der Waals surface area (Å²) in [5.74, 6) is 0. The summed E-state index contributed by atoms with van der Waals surface area (Å²) in [6.45, 7) is 1.31. The Hall–Kier alpha value is -1.78. The Morgan fingerprint density at radius 2 is 2.54 bits per heavy atom. The lowest BCUT2D eigenvalue weighted by molar-refractivity contribution is 0.254. The molecule has 2 rings (SSSR count). The summed E-state index contributed by atoms with van der Waals surface area (Å²) < 4.78 is 0. The topological polar surface area (TPSA) is 71.2 Å². The molecule has 1 aliphatic rings. The summed E-state index contributed by atoms with van der Waals surface area (Å²) in [4.78, 5) is 16.5. The van der Waals surface area contributed by atoms with E-state index < -0.39 is 6.03 Å². The number of pyridine rings is 1. The van der Waals surface area contributed by atoms with Crippen LogP contribution in [0, 0.1) is 0 Å². The Morgan fingerprint density at radius 3 is 3.31 bits per heavy atom. The molecule has 1 aromatic rings. The van der Waals surface area contributed by atoms with Gasteiger partial charge in [0, 0.05) is 19.3 Å². The molecule has 0 spiro atoms. The molecule has 0 radical (unpaired) electrons. The Bertz CT molecular complexity index is 339. The minimum Gasteiger partial charge on any atom is -0.381 e. The molecule has 0 saturated carbocycles. The van der Waals surface area contributed by atoms with Gasteiger partial charge >= 0.3 is 6.03 Å². The predicted octanol–water partition coefficient (Wildman–Crippen LogP) is 0.392. The van der Waals surface area contributed by atoms with E-state index in [4.69, 9.17) is 5.73 Å². The number of carbonyl (C=O) groups excluding carboxylic acids is 1. The maximum absolute atomic E-state index is 11.0. The summed E-state index contributed by atoms with van der Waals surface area (Å²) >= 11 is 0. The van der Waals surface area contributed by atoms with Gasteiger partial charge < -0.3 is 11.1 Å². The Balaban J connectivity index is 2.42. The molecule has 0 fully saturated rings. The smallest absolute Gasteiger partial charge is 0.319 e. The van der Waals surface area contributed by atoms with Crippen LogP contribution >= 0.6 is 0 Å². The van der Waals surface area contributed by atoms with Crippen LogP contribution in [0.15, 0.2) is 18.5 Å². The zero-order valence-corrected chi connectivity index (χ0v) is 7.03. The number of nitrogens with zero attached hydrogens (tertiary/aromatic N) is 2. The lowest BCUT2D eigenvalue weighted by Gasteiger charge is -2.28. The highest BCUT2D eigenvalue weighted by molar-refractivity contribution is 5.95. The Morgan fingerprint density at radius 1 is 1.69 bits per heavy atom. The van der Waals surface area contributed by atoms with Crippen molar-refractivity contribution in [3.8, 4) is 0 Å². The van der Waals surface area contributed by atoms with Crippen molar-refractivity contribution in [2.45, 2.75) is 0 Å². The van der Waals surface area contributed by atoms with Crippen LogP contribution in [0.2, 0.25) is 0 Å². The molecule has 0 aromatic carbocycles. The number of hydrogen-bond acceptors (Lipinski definition) is 3. The van der Waals surface area contributed by atoms with Gasteiger partial charge in [0.1, 0.15) is 0 Å². The molecule has 5 heteroatoms. The number of fused-ring (bicyclic) bond motifs is 1. The third-order valence-corrected chi connectivity index (χ3v) is 2.01. The lowest BCUT2D eigenvalue weighted by atomic mass is 10.2. The van der Waals surface area contributed by atoms with Gasteiger partial charge in [0.25, 0.3) is 0 Å².